The first-order chi connectivity index (χ1) is 12.2. The van der Waals surface area contributed by atoms with Gasteiger partial charge in [0, 0.05) is 19.6 Å². The third kappa shape index (κ3) is 3.28. The SMILES string of the molecule is Cc1ccc([C@H](CNc2nc3[nH]ncc3c(=O)[nH]2)N2CCOCC2)o1. The number of fused-ring (bicyclic) bond motifs is 1. The lowest BCUT2D eigenvalue weighted by atomic mass is 10.1. The summed E-state index contributed by atoms with van der Waals surface area (Å²) in [6.45, 7) is 5.54. The summed E-state index contributed by atoms with van der Waals surface area (Å²) < 4.78 is 11.3. The molecule has 0 saturated carbocycles. The maximum absolute atomic E-state index is 12.0. The molecule has 3 N–H and O–H groups in total. The van der Waals surface area contributed by atoms with Crippen molar-refractivity contribution < 1.29 is 9.15 Å². The Morgan fingerprint density at radius 1 is 1.36 bits per heavy atom. The molecule has 9 nitrogen and oxygen atoms in total. The highest BCUT2D eigenvalue weighted by Crippen LogP contribution is 2.24. The molecule has 1 saturated heterocycles. The van der Waals surface area contributed by atoms with E-state index in [4.69, 9.17) is 9.15 Å². The van der Waals surface area contributed by atoms with E-state index >= 15 is 0 Å². The molecule has 132 valence electrons. The molecule has 1 aliphatic heterocycles. The summed E-state index contributed by atoms with van der Waals surface area (Å²) in [4.78, 5) is 21.4. The molecule has 0 radical (unpaired) electrons. The molecule has 25 heavy (non-hydrogen) atoms. The number of nitrogens with zero attached hydrogens (tertiary/aromatic N) is 3. The first-order valence-corrected chi connectivity index (χ1v) is 8.26. The minimum Gasteiger partial charge on any atom is -0.465 e. The van der Waals surface area contributed by atoms with E-state index in [1.165, 1.54) is 6.20 Å². The number of nitrogens with one attached hydrogen (secondary N) is 3. The van der Waals surface area contributed by atoms with Gasteiger partial charge in [-0.2, -0.15) is 10.1 Å². The second kappa shape index (κ2) is 6.69. The minimum absolute atomic E-state index is 0.0281. The molecule has 0 aromatic carbocycles. The van der Waals surface area contributed by atoms with Crippen molar-refractivity contribution in [1.29, 1.82) is 0 Å². The fourth-order valence-corrected chi connectivity index (χ4v) is 3.05. The number of aromatic nitrogens is 4. The summed E-state index contributed by atoms with van der Waals surface area (Å²) in [5.41, 5.74) is 0.237. The molecule has 4 heterocycles. The van der Waals surface area contributed by atoms with Crippen LogP contribution in [0.15, 0.2) is 27.5 Å². The smallest absolute Gasteiger partial charge is 0.263 e. The van der Waals surface area contributed by atoms with Crippen molar-refractivity contribution in [3.63, 3.8) is 0 Å². The average Bonchev–Trinajstić information content (AvgIpc) is 3.25. The summed E-state index contributed by atoms with van der Waals surface area (Å²) in [5.74, 6) is 2.17. The number of aromatic amines is 2. The Labute approximate surface area is 143 Å². The zero-order valence-corrected chi connectivity index (χ0v) is 13.9. The number of aryl methyl sites for hydroxylation is 1. The van der Waals surface area contributed by atoms with Gasteiger partial charge in [0.1, 0.15) is 16.9 Å². The van der Waals surface area contributed by atoms with Gasteiger partial charge in [-0.15, -0.1) is 0 Å². The van der Waals surface area contributed by atoms with E-state index in [0.717, 1.165) is 24.6 Å². The fraction of sp³-hybridized carbons (Fsp3) is 0.438. The van der Waals surface area contributed by atoms with Gasteiger partial charge in [-0.05, 0) is 19.1 Å². The number of hydrogen-bond donors (Lipinski definition) is 3. The van der Waals surface area contributed by atoms with Crippen molar-refractivity contribution in [2.45, 2.75) is 13.0 Å². The normalized spacial score (nSPS) is 17.0. The lowest BCUT2D eigenvalue weighted by Crippen LogP contribution is -2.41. The Balaban J connectivity index is 1.56. The number of hydrogen-bond acceptors (Lipinski definition) is 7. The molecule has 4 rings (SSSR count). The van der Waals surface area contributed by atoms with Crippen LogP contribution in [0.2, 0.25) is 0 Å². The van der Waals surface area contributed by atoms with Crippen LogP contribution in [0, 0.1) is 6.92 Å². The van der Waals surface area contributed by atoms with E-state index < -0.39 is 0 Å². The van der Waals surface area contributed by atoms with Gasteiger partial charge >= 0.3 is 0 Å². The van der Waals surface area contributed by atoms with Crippen LogP contribution in [0.4, 0.5) is 5.95 Å². The van der Waals surface area contributed by atoms with Gasteiger partial charge in [0.2, 0.25) is 5.95 Å². The van der Waals surface area contributed by atoms with Gasteiger partial charge in [-0.1, -0.05) is 0 Å². The lowest BCUT2D eigenvalue weighted by molar-refractivity contribution is 0.0143. The second-order valence-corrected chi connectivity index (χ2v) is 6.04. The Kier molecular flexibility index (Phi) is 4.24. The summed E-state index contributed by atoms with van der Waals surface area (Å²) >= 11 is 0. The predicted molar refractivity (Wildman–Crippen MR) is 91.6 cm³/mol. The Morgan fingerprint density at radius 3 is 2.96 bits per heavy atom. The van der Waals surface area contributed by atoms with Crippen molar-refractivity contribution in [3.05, 3.63) is 40.2 Å². The Bertz CT molecular complexity index is 908. The van der Waals surface area contributed by atoms with E-state index in [1.807, 2.05) is 19.1 Å². The van der Waals surface area contributed by atoms with Crippen LogP contribution in [0.25, 0.3) is 11.0 Å². The summed E-state index contributed by atoms with van der Waals surface area (Å²) in [5, 5.41) is 10.2. The van der Waals surface area contributed by atoms with Gasteiger partial charge < -0.3 is 14.5 Å². The standard InChI is InChI=1S/C16H20N6O3/c1-10-2-3-13(25-10)12(22-4-6-24-7-5-22)9-17-16-19-14-11(8-18-21-14)15(23)20-16/h2-3,8,12H,4-7,9H2,1H3,(H3,17,18,19,20,21,23)/t12-/m0/s1. The third-order valence-electron chi connectivity index (χ3n) is 4.36. The van der Waals surface area contributed by atoms with Crippen LogP contribution in [-0.4, -0.2) is 57.9 Å². The van der Waals surface area contributed by atoms with Crippen LogP contribution in [0.3, 0.4) is 0 Å². The van der Waals surface area contributed by atoms with Gasteiger partial charge in [0.05, 0.1) is 25.5 Å². The second-order valence-electron chi connectivity index (χ2n) is 6.04. The highest BCUT2D eigenvalue weighted by molar-refractivity contribution is 5.73. The molecule has 0 amide bonds. The molecule has 3 aromatic rings. The van der Waals surface area contributed by atoms with Crippen LogP contribution in [-0.2, 0) is 4.74 Å². The van der Waals surface area contributed by atoms with Crippen molar-refractivity contribution in [3.8, 4) is 0 Å². The molecule has 0 spiro atoms. The van der Waals surface area contributed by atoms with Gasteiger partial charge in [-0.25, -0.2) is 0 Å². The zero-order valence-electron chi connectivity index (χ0n) is 13.9. The number of anilines is 1. The van der Waals surface area contributed by atoms with Crippen LogP contribution in [0.1, 0.15) is 17.6 Å². The van der Waals surface area contributed by atoms with Gasteiger partial charge in [0.25, 0.3) is 5.56 Å². The highest BCUT2D eigenvalue weighted by Gasteiger charge is 2.25. The van der Waals surface area contributed by atoms with Crippen LogP contribution >= 0.6 is 0 Å². The van der Waals surface area contributed by atoms with Crippen LogP contribution < -0.4 is 10.9 Å². The number of rotatable bonds is 5. The minimum atomic E-state index is -0.224. The average molecular weight is 344 g/mol. The Morgan fingerprint density at radius 2 is 2.20 bits per heavy atom. The number of furan rings is 1. The summed E-state index contributed by atoms with van der Waals surface area (Å²) in [6.07, 6.45) is 1.47. The first-order valence-electron chi connectivity index (χ1n) is 8.26. The maximum atomic E-state index is 12.0. The topological polar surface area (TPSA) is 112 Å². The molecule has 3 aromatic heterocycles. The van der Waals surface area contributed by atoms with E-state index in [1.54, 1.807) is 0 Å². The monoisotopic (exact) mass is 344 g/mol. The van der Waals surface area contributed by atoms with Gasteiger partial charge in [0.15, 0.2) is 5.65 Å². The quantitative estimate of drug-likeness (QED) is 0.634. The number of ether oxygens (including phenoxy) is 1. The molecule has 0 bridgehead atoms. The largest absolute Gasteiger partial charge is 0.465 e. The number of H-pyrrole nitrogens is 2. The summed E-state index contributed by atoms with van der Waals surface area (Å²) in [6, 6.07) is 3.98. The van der Waals surface area contributed by atoms with E-state index in [-0.39, 0.29) is 11.6 Å². The number of morpholine rings is 1. The predicted octanol–water partition coefficient (Wildman–Crippen LogP) is 1.03. The summed E-state index contributed by atoms with van der Waals surface area (Å²) in [7, 11) is 0. The van der Waals surface area contributed by atoms with Gasteiger partial charge in [-0.3, -0.25) is 19.8 Å². The van der Waals surface area contributed by atoms with Crippen LogP contribution in [0.5, 0.6) is 0 Å². The molecule has 1 atom stereocenters. The molecule has 1 aliphatic rings. The molecule has 0 aliphatic carbocycles. The Hall–Kier alpha value is -2.65. The zero-order chi connectivity index (χ0) is 17.2. The third-order valence-corrected chi connectivity index (χ3v) is 4.36. The van der Waals surface area contributed by atoms with E-state index in [0.29, 0.717) is 36.7 Å². The highest BCUT2D eigenvalue weighted by atomic mass is 16.5. The first kappa shape index (κ1) is 15.9. The lowest BCUT2D eigenvalue weighted by Gasteiger charge is -2.33. The molecular weight excluding hydrogens is 324 g/mol. The van der Waals surface area contributed by atoms with Crippen molar-refractivity contribution >= 4 is 17.0 Å². The molecule has 0 unspecified atom stereocenters. The van der Waals surface area contributed by atoms with Crippen molar-refractivity contribution in [1.82, 2.24) is 25.1 Å². The fourth-order valence-electron chi connectivity index (χ4n) is 3.05. The van der Waals surface area contributed by atoms with E-state index in [2.05, 4.69) is 30.4 Å². The van der Waals surface area contributed by atoms with Crippen molar-refractivity contribution in [2.24, 2.45) is 0 Å². The molecule has 9 heteroatoms. The molecular formula is C16H20N6O3. The van der Waals surface area contributed by atoms with Crippen molar-refractivity contribution in [2.75, 3.05) is 38.2 Å². The van der Waals surface area contributed by atoms with E-state index in [9.17, 15) is 4.79 Å². The molecule has 1 fully saturated rings. The maximum Gasteiger partial charge on any atom is 0.263 e.